The summed E-state index contributed by atoms with van der Waals surface area (Å²) in [4.78, 5) is 0. The maximum absolute atomic E-state index is 12.5. The van der Waals surface area contributed by atoms with Crippen molar-refractivity contribution >= 4 is 0 Å². The van der Waals surface area contributed by atoms with Crippen LogP contribution in [0.1, 0.15) is 29.8 Å². The van der Waals surface area contributed by atoms with Gasteiger partial charge in [0, 0.05) is 19.6 Å². The van der Waals surface area contributed by atoms with Crippen molar-refractivity contribution in [3.05, 3.63) is 47.3 Å². The second-order valence-corrected chi connectivity index (χ2v) is 4.57. The highest BCUT2D eigenvalue weighted by Crippen LogP contribution is 2.29. The van der Waals surface area contributed by atoms with Gasteiger partial charge >= 0.3 is 6.18 Å². The SMILES string of the molecule is CC(NCc1cnnn1C)c1ccc(C(F)(F)F)cc1. The number of nitrogens with zero attached hydrogens (tertiary/aromatic N) is 3. The molecule has 1 heterocycles. The van der Waals surface area contributed by atoms with Crippen molar-refractivity contribution in [2.75, 3.05) is 0 Å². The van der Waals surface area contributed by atoms with Gasteiger partial charge in [-0.05, 0) is 24.6 Å². The molecule has 0 saturated carbocycles. The predicted octanol–water partition coefficient (Wildman–Crippen LogP) is 2.68. The molecule has 0 spiro atoms. The third-order valence-corrected chi connectivity index (χ3v) is 3.14. The van der Waals surface area contributed by atoms with Crippen LogP contribution in [0.5, 0.6) is 0 Å². The first kappa shape index (κ1) is 14.5. The number of hydrogen-bond donors (Lipinski definition) is 1. The summed E-state index contributed by atoms with van der Waals surface area (Å²) in [7, 11) is 1.78. The van der Waals surface area contributed by atoms with Crippen LogP contribution < -0.4 is 5.32 Å². The Kier molecular flexibility index (Phi) is 4.08. The third-order valence-electron chi connectivity index (χ3n) is 3.14. The molecule has 2 rings (SSSR count). The van der Waals surface area contributed by atoms with Crippen molar-refractivity contribution in [1.82, 2.24) is 20.3 Å². The number of nitrogens with one attached hydrogen (secondary N) is 1. The third kappa shape index (κ3) is 3.36. The van der Waals surface area contributed by atoms with Crippen LogP contribution in [0, 0.1) is 0 Å². The summed E-state index contributed by atoms with van der Waals surface area (Å²) < 4.78 is 39.0. The maximum atomic E-state index is 12.5. The van der Waals surface area contributed by atoms with E-state index in [1.165, 1.54) is 12.1 Å². The molecule has 1 N–H and O–H groups in total. The van der Waals surface area contributed by atoms with Gasteiger partial charge in [-0.3, -0.25) is 4.68 Å². The molecule has 0 radical (unpaired) electrons. The van der Waals surface area contributed by atoms with Crippen LogP contribution in [0.4, 0.5) is 13.2 Å². The van der Waals surface area contributed by atoms with E-state index in [1.807, 2.05) is 6.92 Å². The van der Waals surface area contributed by atoms with E-state index in [0.717, 1.165) is 23.4 Å². The average molecular weight is 284 g/mol. The lowest BCUT2D eigenvalue weighted by Crippen LogP contribution is -2.20. The van der Waals surface area contributed by atoms with Crippen molar-refractivity contribution < 1.29 is 13.2 Å². The molecule has 1 atom stereocenters. The Hall–Kier alpha value is -1.89. The Balaban J connectivity index is 1.99. The lowest BCUT2D eigenvalue weighted by molar-refractivity contribution is -0.137. The van der Waals surface area contributed by atoms with Crippen LogP contribution >= 0.6 is 0 Å². The van der Waals surface area contributed by atoms with Gasteiger partial charge in [-0.25, -0.2) is 0 Å². The molecule has 0 aliphatic rings. The molecule has 1 aromatic heterocycles. The minimum atomic E-state index is -4.30. The summed E-state index contributed by atoms with van der Waals surface area (Å²) in [5.41, 5.74) is 1.07. The van der Waals surface area contributed by atoms with Gasteiger partial charge in [-0.15, -0.1) is 5.10 Å². The van der Waals surface area contributed by atoms with Crippen LogP contribution in [-0.2, 0) is 19.8 Å². The minimum Gasteiger partial charge on any atom is -0.305 e. The Morgan fingerprint density at radius 3 is 2.40 bits per heavy atom. The Bertz CT molecular complexity index is 560. The molecule has 4 nitrogen and oxygen atoms in total. The molecule has 0 fully saturated rings. The Labute approximate surface area is 114 Å². The summed E-state index contributed by atoms with van der Waals surface area (Å²) in [6.07, 6.45) is -2.65. The van der Waals surface area contributed by atoms with E-state index in [0.29, 0.717) is 6.54 Å². The van der Waals surface area contributed by atoms with Crippen molar-refractivity contribution in [2.24, 2.45) is 7.05 Å². The molecule has 0 aliphatic heterocycles. The van der Waals surface area contributed by atoms with E-state index in [2.05, 4.69) is 15.6 Å². The monoisotopic (exact) mass is 284 g/mol. The van der Waals surface area contributed by atoms with Gasteiger partial charge in [0.1, 0.15) is 0 Å². The van der Waals surface area contributed by atoms with Crippen molar-refractivity contribution in [2.45, 2.75) is 25.7 Å². The van der Waals surface area contributed by atoms with Crippen LogP contribution in [-0.4, -0.2) is 15.0 Å². The topological polar surface area (TPSA) is 42.7 Å². The average Bonchev–Trinajstić information content (AvgIpc) is 2.81. The summed E-state index contributed by atoms with van der Waals surface area (Å²) in [5, 5.41) is 10.8. The molecule has 7 heteroatoms. The Morgan fingerprint density at radius 2 is 1.90 bits per heavy atom. The lowest BCUT2D eigenvalue weighted by atomic mass is 10.1. The highest BCUT2D eigenvalue weighted by molar-refractivity contribution is 5.26. The number of hydrogen-bond acceptors (Lipinski definition) is 3. The molecule has 0 saturated heterocycles. The van der Waals surface area contributed by atoms with Crippen LogP contribution in [0.25, 0.3) is 0 Å². The van der Waals surface area contributed by atoms with E-state index in [1.54, 1.807) is 17.9 Å². The van der Waals surface area contributed by atoms with E-state index >= 15 is 0 Å². The molecular formula is C13H15F3N4. The molecule has 20 heavy (non-hydrogen) atoms. The van der Waals surface area contributed by atoms with E-state index in [4.69, 9.17) is 0 Å². The van der Waals surface area contributed by atoms with Gasteiger partial charge in [0.15, 0.2) is 0 Å². The maximum Gasteiger partial charge on any atom is 0.416 e. The number of alkyl halides is 3. The number of benzene rings is 1. The lowest BCUT2D eigenvalue weighted by Gasteiger charge is -2.15. The van der Waals surface area contributed by atoms with E-state index < -0.39 is 11.7 Å². The van der Waals surface area contributed by atoms with Gasteiger partial charge in [-0.2, -0.15) is 13.2 Å². The number of halogens is 3. The Morgan fingerprint density at radius 1 is 1.25 bits per heavy atom. The zero-order valence-corrected chi connectivity index (χ0v) is 11.1. The first-order chi connectivity index (χ1) is 9.38. The summed E-state index contributed by atoms with van der Waals surface area (Å²) >= 11 is 0. The number of aromatic nitrogens is 3. The zero-order chi connectivity index (χ0) is 14.8. The second-order valence-electron chi connectivity index (χ2n) is 4.57. The van der Waals surface area contributed by atoms with Crippen molar-refractivity contribution in [1.29, 1.82) is 0 Å². The molecule has 0 aliphatic carbocycles. The van der Waals surface area contributed by atoms with Crippen LogP contribution in [0.15, 0.2) is 30.5 Å². The molecule has 1 aromatic carbocycles. The fraction of sp³-hybridized carbons (Fsp3) is 0.385. The van der Waals surface area contributed by atoms with E-state index in [9.17, 15) is 13.2 Å². The van der Waals surface area contributed by atoms with Gasteiger partial charge in [0.2, 0.25) is 0 Å². The molecule has 0 amide bonds. The molecule has 108 valence electrons. The highest BCUT2D eigenvalue weighted by atomic mass is 19.4. The van der Waals surface area contributed by atoms with Gasteiger partial charge in [0.25, 0.3) is 0 Å². The summed E-state index contributed by atoms with van der Waals surface area (Å²) in [5.74, 6) is 0. The van der Waals surface area contributed by atoms with Gasteiger partial charge in [0.05, 0.1) is 17.5 Å². The molecule has 1 unspecified atom stereocenters. The zero-order valence-electron chi connectivity index (χ0n) is 11.1. The minimum absolute atomic E-state index is 0.0628. The molecular weight excluding hydrogens is 269 g/mol. The molecule has 2 aromatic rings. The first-order valence-corrected chi connectivity index (χ1v) is 6.12. The largest absolute Gasteiger partial charge is 0.416 e. The van der Waals surface area contributed by atoms with Crippen LogP contribution in [0.2, 0.25) is 0 Å². The van der Waals surface area contributed by atoms with Gasteiger partial charge in [-0.1, -0.05) is 17.3 Å². The predicted molar refractivity (Wildman–Crippen MR) is 67.7 cm³/mol. The number of rotatable bonds is 4. The fourth-order valence-electron chi connectivity index (χ4n) is 1.81. The quantitative estimate of drug-likeness (QED) is 0.938. The normalized spacial score (nSPS) is 13.4. The second kappa shape index (κ2) is 5.62. The van der Waals surface area contributed by atoms with Gasteiger partial charge < -0.3 is 5.32 Å². The summed E-state index contributed by atoms with van der Waals surface area (Å²) in [6.45, 7) is 2.44. The van der Waals surface area contributed by atoms with E-state index in [-0.39, 0.29) is 6.04 Å². The first-order valence-electron chi connectivity index (χ1n) is 6.12. The number of aryl methyl sites for hydroxylation is 1. The smallest absolute Gasteiger partial charge is 0.305 e. The fourth-order valence-corrected chi connectivity index (χ4v) is 1.81. The summed E-state index contributed by atoms with van der Waals surface area (Å²) in [6, 6.07) is 5.11. The molecule has 0 bridgehead atoms. The standard InChI is InChI=1S/C13H15F3N4/c1-9(17-7-12-8-18-19-20(12)2)10-3-5-11(6-4-10)13(14,15)16/h3-6,8-9,17H,7H2,1-2H3. The van der Waals surface area contributed by atoms with Crippen LogP contribution in [0.3, 0.4) is 0 Å². The van der Waals surface area contributed by atoms with Crippen molar-refractivity contribution in [3.63, 3.8) is 0 Å². The highest BCUT2D eigenvalue weighted by Gasteiger charge is 2.30. The van der Waals surface area contributed by atoms with Crippen molar-refractivity contribution in [3.8, 4) is 0 Å².